The van der Waals surface area contributed by atoms with Crippen molar-refractivity contribution < 1.29 is 4.42 Å². The molecule has 0 saturated carbocycles. The number of rotatable bonds is 2. The minimum atomic E-state index is 0.854. The second-order valence-electron chi connectivity index (χ2n) is 5.37. The lowest BCUT2D eigenvalue weighted by Gasteiger charge is -2.11. The Hall–Kier alpha value is -1.91. The Morgan fingerprint density at radius 1 is 1.29 bits per heavy atom. The number of hydrogen-bond acceptors (Lipinski definition) is 4. The number of benzene rings is 1. The number of thiazole rings is 1. The van der Waals surface area contributed by atoms with Gasteiger partial charge in [0.25, 0.3) is 0 Å². The quantitative estimate of drug-likeness (QED) is 0.768. The summed E-state index contributed by atoms with van der Waals surface area (Å²) in [5.74, 6) is 0.854. The molecule has 3 aromatic rings. The van der Waals surface area contributed by atoms with Gasteiger partial charge in [-0.25, -0.2) is 4.98 Å². The lowest BCUT2D eigenvalue weighted by atomic mass is 10.1. The van der Waals surface area contributed by atoms with E-state index in [-0.39, 0.29) is 0 Å². The topological polar surface area (TPSA) is 38.1 Å². The standard InChI is InChI=1S/C17H16N2OS/c1-11-2-3-13-9-16(20-15(13)8-11)14-10-21-17(19-14)12-4-6-18-7-5-12/h2-4,8-10,18H,5-7H2,1H3. The van der Waals surface area contributed by atoms with Crippen molar-refractivity contribution in [3.8, 4) is 11.5 Å². The first-order chi connectivity index (χ1) is 10.3. The summed E-state index contributed by atoms with van der Waals surface area (Å²) in [6, 6.07) is 8.35. The molecule has 2 aromatic heterocycles. The molecule has 0 spiro atoms. The van der Waals surface area contributed by atoms with Gasteiger partial charge in [0.05, 0.1) is 0 Å². The minimum absolute atomic E-state index is 0.854. The number of hydrogen-bond donors (Lipinski definition) is 1. The van der Waals surface area contributed by atoms with Crippen LogP contribution in [0.1, 0.15) is 17.0 Å². The van der Waals surface area contributed by atoms with Crippen LogP contribution in [0.4, 0.5) is 0 Å². The maximum atomic E-state index is 5.95. The number of aromatic nitrogens is 1. The largest absolute Gasteiger partial charge is 0.454 e. The number of nitrogens with one attached hydrogen (secondary N) is 1. The predicted octanol–water partition coefficient (Wildman–Crippen LogP) is 4.24. The van der Waals surface area contributed by atoms with Gasteiger partial charge in [0.2, 0.25) is 0 Å². The van der Waals surface area contributed by atoms with E-state index in [4.69, 9.17) is 9.40 Å². The normalized spacial score (nSPS) is 15.4. The average Bonchev–Trinajstić information content (AvgIpc) is 3.14. The Labute approximate surface area is 127 Å². The first-order valence-corrected chi connectivity index (χ1v) is 8.04. The van der Waals surface area contributed by atoms with Crippen LogP contribution in [0.2, 0.25) is 0 Å². The average molecular weight is 296 g/mol. The molecule has 106 valence electrons. The molecule has 3 heterocycles. The first-order valence-electron chi connectivity index (χ1n) is 7.16. The lowest BCUT2D eigenvalue weighted by Crippen LogP contribution is -2.19. The molecule has 0 aliphatic carbocycles. The molecular weight excluding hydrogens is 280 g/mol. The second-order valence-corrected chi connectivity index (χ2v) is 6.23. The summed E-state index contributed by atoms with van der Waals surface area (Å²) in [4.78, 5) is 4.75. The van der Waals surface area contributed by atoms with Crippen molar-refractivity contribution >= 4 is 27.9 Å². The van der Waals surface area contributed by atoms with Crippen molar-refractivity contribution in [1.82, 2.24) is 10.3 Å². The molecule has 0 atom stereocenters. The van der Waals surface area contributed by atoms with E-state index in [2.05, 4.69) is 48.0 Å². The van der Waals surface area contributed by atoms with Crippen molar-refractivity contribution in [3.63, 3.8) is 0 Å². The van der Waals surface area contributed by atoms with Gasteiger partial charge in [-0.05, 0) is 43.2 Å². The summed E-state index contributed by atoms with van der Waals surface area (Å²) < 4.78 is 5.95. The molecule has 3 nitrogen and oxygen atoms in total. The van der Waals surface area contributed by atoms with Gasteiger partial charge in [0.1, 0.15) is 16.3 Å². The van der Waals surface area contributed by atoms with E-state index in [1.54, 1.807) is 11.3 Å². The van der Waals surface area contributed by atoms with Gasteiger partial charge in [-0.1, -0.05) is 18.2 Å². The van der Waals surface area contributed by atoms with Crippen molar-refractivity contribution in [2.24, 2.45) is 0 Å². The van der Waals surface area contributed by atoms with Gasteiger partial charge < -0.3 is 9.73 Å². The SMILES string of the molecule is Cc1ccc2cc(-c3csc(C4=CCNCC4)n3)oc2c1. The third-order valence-corrected chi connectivity index (χ3v) is 4.69. The Morgan fingerprint density at radius 3 is 3.10 bits per heavy atom. The molecule has 21 heavy (non-hydrogen) atoms. The highest BCUT2D eigenvalue weighted by atomic mass is 32.1. The fourth-order valence-electron chi connectivity index (χ4n) is 2.62. The van der Waals surface area contributed by atoms with E-state index < -0.39 is 0 Å². The number of aryl methyl sites for hydroxylation is 1. The molecule has 4 rings (SSSR count). The van der Waals surface area contributed by atoms with Crippen LogP contribution in [0.15, 0.2) is 40.1 Å². The summed E-state index contributed by atoms with van der Waals surface area (Å²) in [5, 5.41) is 7.66. The van der Waals surface area contributed by atoms with Gasteiger partial charge in [-0.3, -0.25) is 0 Å². The molecular formula is C17H16N2OS. The fraction of sp³-hybridized carbons (Fsp3) is 0.235. The number of fused-ring (bicyclic) bond motifs is 1. The van der Waals surface area contributed by atoms with Gasteiger partial charge >= 0.3 is 0 Å². The third kappa shape index (κ3) is 2.41. The van der Waals surface area contributed by atoms with Gasteiger partial charge in [-0.2, -0.15) is 0 Å². The highest BCUT2D eigenvalue weighted by Gasteiger charge is 2.13. The Kier molecular flexibility index (Phi) is 3.13. The molecule has 0 bridgehead atoms. The highest BCUT2D eigenvalue weighted by molar-refractivity contribution is 7.11. The molecule has 0 fully saturated rings. The Balaban J connectivity index is 1.72. The van der Waals surface area contributed by atoms with E-state index in [9.17, 15) is 0 Å². The molecule has 0 unspecified atom stereocenters. The molecule has 1 aliphatic heterocycles. The van der Waals surface area contributed by atoms with E-state index in [0.717, 1.165) is 46.9 Å². The van der Waals surface area contributed by atoms with E-state index in [0.29, 0.717) is 0 Å². The zero-order valence-electron chi connectivity index (χ0n) is 11.8. The Bertz CT molecular complexity index is 828. The third-order valence-electron chi connectivity index (χ3n) is 3.77. The van der Waals surface area contributed by atoms with Crippen molar-refractivity contribution in [1.29, 1.82) is 0 Å². The molecule has 0 saturated heterocycles. The van der Waals surface area contributed by atoms with Crippen molar-refractivity contribution in [2.75, 3.05) is 13.1 Å². The summed E-state index contributed by atoms with van der Waals surface area (Å²) in [6.07, 6.45) is 3.28. The summed E-state index contributed by atoms with van der Waals surface area (Å²) in [5.41, 5.74) is 4.42. The van der Waals surface area contributed by atoms with Crippen LogP contribution in [-0.2, 0) is 0 Å². The molecule has 1 N–H and O–H groups in total. The molecule has 1 aliphatic rings. The molecule has 1 aromatic carbocycles. The molecule has 4 heteroatoms. The van der Waals surface area contributed by atoms with Gasteiger partial charge in [0, 0.05) is 17.3 Å². The van der Waals surface area contributed by atoms with Crippen molar-refractivity contribution in [3.05, 3.63) is 46.3 Å². The van der Waals surface area contributed by atoms with Crippen LogP contribution in [0.3, 0.4) is 0 Å². The van der Waals surface area contributed by atoms with Crippen LogP contribution in [0.5, 0.6) is 0 Å². The minimum Gasteiger partial charge on any atom is -0.454 e. The van der Waals surface area contributed by atoms with E-state index in [1.165, 1.54) is 11.1 Å². The second kappa shape index (κ2) is 5.13. The summed E-state index contributed by atoms with van der Waals surface area (Å²) >= 11 is 1.70. The Morgan fingerprint density at radius 2 is 2.24 bits per heavy atom. The van der Waals surface area contributed by atoms with Crippen molar-refractivity contribution in [2.45, 2.75) is 13.3 Å². The van der Waals surface area contributed by atoms with Gasteiger partial charge in [0.15, 0.2) is 5.76 Å². The predicted molar refractivity (Wildman–Crippen MR) is 87.5 cm³/mol. The van der Waals surface area contributed by atoms with E-state index >= 15 is 0 Å². The fourth-order valence-corrected chi connectivity index (χ4v) is 3.50. The van der Waals surface area contributed by atoms with E-state index in [1.807, 2.05) is 0 Å². The van der Waals surface area contributed by atoms with Crippen LogP contribution >= 0.6 is 11.3 Å². The van der Waals surface area contributed by atoms with Crippen LogP contribution in [0, 0.1) is 6.92 Å². The lowest BCUT2D eigenvalue weighted by molar-refractivity contribution is 0.629. The van der Waals surface area contributed by atoms with Gasteiger partial charge in [-0.15, -0.1) is 11.3 Å². The maximum absolute atomic E-state index is 5.95. The number of nitrogens with zero attached hydrogens (tertiary/aromatic N) is 1. The molecule has 0 amide bonds. The monoisotopic (exact) mass is 296 g/mol. The van der Waals surface area contributed by atoms with Crippen LogP contribution < -0.4 is 5.32 Å². The highest BCUT2D eigenvalue weighted by Crippen LogP contribution is 2.32. The van der Waals surface area contributed by atoms with Crippen LogP contribution in [0.25, 0.3) is 28.0 Å². The smallest absolute Gasteiger partial charge is 0.154 e. The zero-order chi connectivity index (χ0) is 14.2. The summed E-state index contributed by atoms with van der Waals surface area (Å²) in [7, 11) is 0. The maximum Gasteiger partial charge on any atom is 0.154 e. The summed E-state index contributed by atoms with van der Waals surface area (Å²) in [6.45, 7) is 4.05. The zero-order valence-corrected chi connectivity index (χ0v) is 12.7. The molecule has 0 radical (unpaired) electrons. The first kappa shape index (κ1) is 12.8. The van der Waals surface area contributed by atoms with Crippen LogP contribution in [-0.4, -0.2) is 18.1 Å². The number of furan rings is 1.